The number of para-hydroxylation sites is 2. The number of carbonyl (C=O) groups is 5. The quantitative estimate of drug-likeness (QED) is 0.116. The second-order valence-electron chi connectivity index (χ2n) is 13.4. The molecule has 4 rings (SSSR count). The number of hydrogen-bond acceptors (Lipinski definition) is 11. The Hall–Kier alpha value is -4.37. The van der Waals surface area contributed by atoms with E-state index in [9.17, 15) is 24.0 Å². The van der Waals surface area contributed by atoms with Crippen LogP contribution < -0.4 is 0 Å². The number of nitrogens with one attached hydrogen (secondary N) is 1. The maximum absolute atomic E-state index is 12.3. The van der Waals surface area contributed by atoms with Gasteiger partial charge in [-0.05, 0) is 106 Å². The zero-order valence-electron chi connectivity index (χ0n) is 29.8. The van der Waals surface area contributed by atoms with Crippen molar-refractivity contribution in [2.75, 3.05) is 14.2 Å². The van der Waals surface area contributed by atoms with Crippen molar-refractivity contribution < 1.29 is 52.4 Å². The molecular formula is C35H42Br2N2O11. The van der Waals surface area contributed by atoms with Crippen molar-refractivity contribution >= 4 is 84.0 Å². The van der Waals surface area contributed by atoms with Gasteiger partial charge >= 0.3 is 30.3 Å². The number of methoxy groups -OCH3 is 2. The van der Waals surface area contributed by atoms with Crippen molar-refractivity contribution in [1.29, 1.82) is 0 Å². The summed E-state index contributed by atoms with van der Waals surface area (Å²) in [4.78, 5) is 60.6. The number of esters is 2. The third kappa shape index (κ3) is 12.5. The molecule has 0 saturated carbocycles. The highest BCUT2D eigenvalue weighted by Crippen LogP contribution is 2.30. The first-order valence-corrected chi connectivity index (χ1v) is 16.7. The molecular weight excluding hydrogens is 784 g/mol. The predicted molar refractivity (Wildman–Crippen MR) is 194 cm³/mol. The molecule has 0 unspecified atom stereocenters. The first-order chi connectivity index (χ1) is 23.0. The van der Waals surface area contributed by atoms with Crippen LogP contribution in [-0.4, -0.2) is 70.9 Å². The summed E-state index contributed by atoms with van der Waals surface area (Å²) < 4.78 is 31.6. The van der Waals surface area contributed by atoms with E-state index >= 15 is 0 Å². The standard InChI is InChI=1S/C15H16BrNO4.C10H8BrNO2.C10H18O5/c1-15(2,3)21-14(19)17-8-11(16)9-6-5-7-10(12(9)17)13(18)20-4;1-14-10(13)7-4-2-3-6-8(11)5-12-9(6)7;1-9(2,3)14-7(11)13-8(12)15-10(4,5)6/h5-8H,1-4H3;2-5,12H,1H3;1-6H3. The molecule has 1 N–H and O–H groups in total. The summed E-state index contributed by atoms with van der Waals surface area (Å²) in [5.74, 6) is -0.832. The number of benzene rings is 2. The maximum atomic E-state index is 12.3. The van der Waals surface area contributed by atoms with Gasteiger partial charge < -0.3 is 33.4 Å². The molecule has 0 atom stereocenters. The summed E-state index contributed by atoms with van der Waals surface area (Å²) in [5, 5.41) is 1.72. The van der Waals surface area contributed by atoms with E-state index in [1.54, 1.807) is 92.9 Å². The Labute approximate surface area is 307 Å². The van der Waals surface area contributed by atoms with Gasteiger partial charge in [0, 0.05) is 32.1 Å². The second kappa shape index (κ2) is 17.0. The van der Waals surface area contributed by atoms with Gasteiger partial charge in [0.1, 0.15) is 16.8 Å². The van der Waals surface area contributed by atoms with E-state index in [-0.39, 0.29) is 5.97 Å². The van der Waals surface area contributed by atoms with Gasteiger partial charge in [-0.15, -0.1) is 0 Å². The van der Waals surface area contributed by atoms with Gasteiger partial charge in [-0.1, -0.05) is 24.3 Å². The molecule has 50 heavy (non-hydrogen) atoms. The average molecular weight is 827 g/mol. The number of H-pyrrole nitrogens is 1. The predicted octanol–water partition coefficient (Wildman–Crippen LogP) is 9.56. The van der Waals surface area contributed by atoms with Crippen molar-refractivity contribution in [3.8, 4) is 0 Å². The first-order valence-electron chi connectivity index (χ1n) is 15.1. The average Bonchev–Trinajstić information content (AvgIpc) is 3.53. The van der Waals surface area contributed by atoms with Crippen LogP contribution in [0.1, 0.15) is 83.0 Å². The monoisotopic (exact) mass is 824 g/mol. The smallest absolute Gasteiger partial charge is 0.465 e. The molecule has 0 aliphatic heterocycles. The Morgan fingerprint density at radius 3 is 1.58 bits per heavy atom. The summed E-state index contributed by atoms with van der Waals surface area (Å²) in [6.07, 6.45) is 0.727. The van der Waals surface area contributed by atoms with Crippen LogP contribution in [-0.2, 0) is 28.4 Å². The van der Waals surface area contributed by atoms with Gasteiger partial charge in [0.25, 0.3) is 0 Å². The van der Waals surface area contributed by atoms with Crippen LogP contribution in [0.5, 0.6) is 0 Å². The molecule has 0 radical (unpaired) electrons. The van der Waals surface area contributed by atoms with Crippen LogP contribution >= 0.6 is 31.9 Å². The van der Waals surface area contributed by atoms with Crippen molar-refractivity contribution in [2.45, 2.75) is 79.1 Å². The summed E-state index contributed by atoms with van der Waals surface area (Å²) in [6, 6.07) is 10.7. The van der Waals surface area contributed by atoms with Crippen LogP contribution in [0, 0.1) is 0 Å². The molecule has 2 heterocycles. The zero-order valence-corrected chi connectivity index (χ0v) is 33.0. The van der Waals surface area contributed by atoms with Crippen molar-refractivity contribution in [3.05, 3.63) is 68.9 Å². The molecule has 0 amide bonds. The van der Waals surface area contributed by atoms with Gasteiger partial charge in [-0.2, -0.15) is 0 Å². The van der Waals surface area contributed by atoms with E-state index in [1.807, 2.05) is 18.2 Å². The van der Waals surface area contributed by atoms with Crippen LogP contribution in [0.15, 0.2) is 57.7 Å². The molecule has 0 bridgehead atoms. The van der Waals surface area contributed by atoms with E-state index < -0.39 is 41.2 Å². The van der Waals surface area contributed by atoms with Gasteiger partial charge in [0.15, 0.2) is 0 Å². The Morgan fingerprint density at radius 2 is 1.10 bits per heavy atom. The van der Waals surface area contributed by atoms with Gasteiger partial charge in [0.05, 0.1) is 36.4 Å². The number of ether oxygens (including phenoxy) is 6. The highest BCUT2D eigenvalue weighted by Gasteiger charge is 2.25. The van der Waals surface area contributed by atoms with Crippen LogP contribution in [0.4, 0.5) is 14.4 Å². The fourth-order valence-electron chi connectivity index (χ4n) is 3.98. The summed E-state index contributed by atoms with van der Waals surface area (Å²) >= 11 is 6.78. The lowest BCUT2D eigenvalue weighted by Gasteiger charge is -2.20. The molecule has 13 nitrogen and oxygen atoms in total. The van der Waals surface area contributed by atoms with Crippen LogP contribution in [0.2, 0.25) is 0 Å². The lowest BCUT2D eigenvalue weighted by Crippen LogP contribution is -2.29. The lowest BCUT2D eigenvalue weighted by atomic mass is 10.1. The molecule has 272 valence electrons. The molecule has 0 spiro atoms. The number of aromatic amines is 1. The number of hydrogen-bond donors (Lipinski definition) is 1. The van der Waals surface area contributed by atoms with Crippen molar-refractivity contribution in [1.82, 2.24) is 9.55 Å². The molecule has 0 saturated heterocycles. The number of halogens is 2. The van der Waals surface area contributed by atoms with Gasteiger partial charge in [0.2, 0.25) is 0 Å². The van der Waals surface area contributed by atoms with Crippen molar-refractivity contribution in [2.24, 2.45) is 0 Å². The minimum atomic E-state index is -1.06. The highest BCUT2D eigenvalue weighted by atomic mass is 79.9. The van der Waals surface area contributed by atoms with E-state index in [2.05, 4.69) is 46.3 Å². The Morgan fingerprint density at radius 1 is 0.640 bits per heavy atom. The summed E-state index contributed by atoms with van der Waals surface area (Å²) in [6.45, 7) is 15.4. The molecule has 2 aromatic carbocycles. The Kier molecular flexibility index (Phi) is 14.2. The zero-order chi connectivity index (χ0) is 38.2. The number of carbonyl (C=O) groups excluding carboxylic acids is 5. The maximum Gasteiger partial charge on any atom is 0.519 e. The number of aromatic nitrogens is 2. The number of nitrogens with zero attached hydrogens (tertiary/aromatic N) is 1. The lowest BCUT2D eigenvalue weighted by molar-refractivity contribution is -0.0294. The van der Waals surface area contributed by atoms with E-state index in [0.717, 1.165) is 20.8 Å². The van der Waals surface area contributed by atoms with E-state index in [0.29, 0.717) is 21.1 Å². The molecule has 2 aromatic heterocycles. The van der Waals surface area contributed by atoms with Gasteiger partial charge in [-0.3, -0.25) is 4.57 Å². The third-order valence-electron chi connectivity index (χ3n) is 5.79. The molecule has 15 heteroatoms. The number of fused-ring (bicyclic) bond motifs is 2. The molecule has 0 aliphatic carbocycles. The normalized spacial score (nSPS) is 11.3. The third-order valence-corrected chi connectivity index (χ3v) is 7.08. The highest BCUT2D eigenvalue weighted by molar-refractivity contribution is 9.11. The first kappa shape index (κ1) is 41.8. The fourth-order valence-corrected chi connectivity index (χ4v) is 4.95. The van der Waals surface area contributed by atoms with Crippen LogP contribution in [0.25, 0.3) is 21.8 Å². The molecule has 0 fully saturated rings. The fraction of sp³-hybridized carbons (Fsp3) is 0.400. The van der Waals surface area contributed by atoms with E-state index in [1.165, 1.54) is 18.8 Å². The largest absolute Gasteiger partial charge is 0.519 e. The minimum Gasteiger partial charge on any atom is -0.465 e. The summed E-state index contributed by atoms with van der Waals surface area (Å²) in [5.41, 5.74) is 0.109. The SMILES string of the molecule is CC(C)(C)OC(=O)OC(=O)OC(C)(C)C.COC(=O)c1cccc2c(Br)c[nH]c12.COC(=O)c1cccc2c(Br)cn(C(=O)OC(C)(C)C)c12. The topological polar surface area (TPSA) is 161 Å². The van der Waals surface area contributed by atoms with Crippen LogP contribution in [0.3, 0.4) is 0 Å². The molecule has 4 aromatic rings. The second-order valence-corrected chi connectivity index (χ2v) is 15.1. The van der Waals surface area contributed by atoms with E-state index in [4.69, 9.17) is 18.9 Å². The number of rotatable bonds is 2. The Balaban J connectivity index is 0.000000268. The van der Waals surface area contributed by atoms with Gasteiger partial charge in [-0.25, -0.2) is 24.0 Å². The minimum absolute atomic E-state index is 0.312. The Bertz CT molecular complexity index is 1830. The summed E-state index contributed by atoms with van der Waals surface area (Å²) in [7, 11) is 2.68. The molecule has 0 aliphatic rings. The van der Waals surface area contributed by atoms with Crippen molar-refractivity contribution in [3.63, 3.8) is 0 Å².